The summed E-state index contributed by atoms with van der Waals surface area (Å²) < 4.78 is 8.55. The minimum Gasteiger partial charge on any atom is -0.376 e. The van der Waals surface area contributed by atoms with Crippen molar-refractivity contribution >= 4 is 33.3 Å². The molecule has 7 heteroatoms. The van der Waals surface area contributed by atoms with Crippen LogP contribution >= 0.6 is 15.9 Å². The normalized spacial score (nSPS) is 16.1. The Labute approximate surface area is 172 Å². The van der Waals surface area contributed by atoms with Gasteiger partial charge in [-0.05, 0) is 53.0 Å². The Bertz CT molecular complexity index is 935. The molecule has 2 amide bonds. The Kier molecular flexibility index (Phi) is 5.73. The van der Waals surface area contributed by atoms with Crippen LogP contribution in [0, 0.1) is 0 Å². The van der Waals surface area contributed by atoms with E-state index in [2.05, 4.69) is 31.7 Å². The number of carbonyl (C=O) groups is 1. The van der Waals surface area contributed by atoms with E-state index < -0.39 is 0 Å². The number of carbonyl (C=O) groups excluding carboxylic acids is 1. The maximum Gasteiger partial charge on any atom is 0.323 e. The molecule has 0 spiro atoms. The van der Waals surface area contributed by atoms with E-state index in [1.165, 1.54) is 0 Å². The smallest absolute Gasteiger partial charge is 0.323 e. The fourth-order valence-corrected chi connectivity index (χ4v) is 3.75. The quantitative estimate of drug-likeness (QED) is 0.577. The molecule has 0 radical (unpaired) electrons. The first-order chi connectivity index (χ1) is 13.7. The molecule has 1 aromatic heterocycles. The SMILES string of the molecule is O=C(Nc1ccccc1)Nc1ccc(-c2nn(C[C@@H]3CCCO3)cc2Br)cc1. The lowest BCUT2D eigenvalue weighted by Gasteiger charge is -2.09. The summed E-state index contributed by atoms with van der Waals surface area (Å²) in [6.07, 6.45) is 4.43. The molecule has 0 saturated carbocycles. The van der Waals surface area contributed by atoms with E-state index in [9.17, 15) is 4.79 Å². The van der Waals surface area contributed by atoms with Gasteiger partial charge in [0.2, 0.25) is 0 Å². The van der Waals surface area contributed by atoms with Crippen LogP contribution in [0.5, 0.6) is 0 Å². The van der Waals surface area contributed by atoms with E-state index in [-0.39, 0.29) is 12.1 Å². The molecule has 6 nitrogen and oxygen atoms in total. The lowest BCUT2D eigenvalue weighted by Crippen LogP contribution is -2.19. The monoisotopic (exact) mass is 440 g/mol. The third kappa shape index (κ3) is 4.61. The number of nitrogens with one attached hydrogen (secondary N) is 2. The molecule has 144 valence electrons. The average Bonchev–Trinajstić information content (AvgIpc) is 3.33. The summed E-state index contributed by atoms with van der Waals surface area (Å²) >= 11 is 3.60. The highest BCUT2D eigenvalue weighted by molar-refractivity contribution is 9.10. The number of amides is 2. The fraction of sp³-hybridized carbons (Fsp3) is 0.238. The first kappa shape index (κ1) is 18.7. The highest BCUT2D eigenvalue weighted by atomic mass is 79.9. The van der Waals surface area contributed by atoms with Crippen molar-refractivity contribution in [1.82, 2.24) is 9.78 Å². The third-order valence-corrected chi connectivity index (χ3v) is 5.16. The molecule has 1 aliphatic heterocycles. The highest BCUT2D eigenvalue weighted by Gasteiger charge is 2.18. The molecule has 0 unspecified atom stereocenters. The number of para-hydroxylation sites is 1. The van der Waals surface area contributed by atoms with Crippen LogP contribution in [0.1, 0.15) is 12.8 Å². The van der Waals surface area contributed by atoms with Gasteiger partial charge in [-0.15, -0.1) is 0 Å². The van der Waals surface area contributed by atoms with Crippen molar-refractivity contribution in [2.24, 2.45) is 0 Å². The second-order valence-electron chi connectivity index (χ2n) is 6.71. The summed E-state index contributed by atoms with van der Waals surface area (Å²) in [5, 5.41) is 10.3. The van der Waals surface area contributed by atoms with Crippen molar-refractivity contribution in [3.8, 4) is 11.3 Å². The fourth-order valence-electron chi connectivity index (χ4n) is 3.21. The van der Waals surface area contributed by atoms with Crippen LogP contribution in [0.15, 0.2) is 65.3 Å². The molecule has 2 aromatic carbocycles. The molecule has 1 aliphatic rings. The molecule has 1 saturated heterocycles. The molecule has 1 fully saturated rings. The number of nitrogens with zero attached hydrogens (tertiary/aromatic N) is 2. The van der Waals surface area contributed by atoms with Gasteiger partial charge in [-0.2, -0.15) is 5.10 Å². The van der Waals surface area contributed by atoms with Crippen molar-refractivity contribution in [3.63, 3.8) is 0 Å². The Morgan fingerprint density at radius 2 is 1.82 bits per heavy atom. The van der Waals surface area contributed by atoms with E-state index in [0.717, 1.165) is 47.4 Å². The number of rotatable bonds is 5. The zero-order valence-corrected chi connectivity index (χ0v) is 16.9. The number of urea groups is 1. The number of hydrogen-bond acceptors (Lipinski definition) is 3. The zero-order valence-electron chi connectivity index (χ0n) is 15.3. The van der Waals surface area contributed by atoms with Gasteiger partial charge in [0.1, 0.15) is 5.69 Å². The summed E-state index contributed by atoms with van der Waals surface area (Å²) in [5.41, 5.74) is 3.31. The van der Waals surface area contributed by atoms with Gasteiger partial charge in [0, 0.05) is 29.7 Å². The highest BCUT2D eigenvalue weighted by Crippen LogP contribution is 2.28. The van der Waals surface area contributed by atoms with E-state index in [0.29, 0.717) is 5.69 Å². The van der Waals surface area contributed by atoms with Gasteiger partial charge < -0.3 is 15.4 Å². The molecule has 3 aromatic rings. The summed E-state index contributed by atoms with van der Waals surface area (Å²) in [7, 11) is 0. The minimum absolute atomic E-state index is 0.245. The number of ether oxygens (including phenoxy) is 1. The standard InChI is InChI=1S/C21H21BrN4O2/c22-19-14-26(13-18-7-4-12-28-18)25-20(19)15-8-10-17(11-9-15)24-21(27)23-16-5-2-1-3-6-16/h1-3,5-6,8-11,14,18H,4,7,12-13H2,(H2,23,24,27)/t18-/m0/s1. The second-order valence-corrected chi connectivity index (χ2v) is 7.56. The molecule has 0 aliphatic carbocycles. The van der Waals surface area contributed by atoms with Gasteiger partial charge in [-0.1, -0.05) is 30.3 Å². The summed E-state index contributed by atoms with van der Waals surface area (Å²) in [6, 6.07) is 16.7. The van der Waals surface area contributed by atoms with Gasteiger partial charge in [0.15, 0.2) is 0 Å². The summed E-state index contributed by atoms with van der Waals surface area (Å²) in [5.74, 6) is 0. The Balaban J connectivity index is 1.40. The van der Waals surface area contributed by atoms with Crippen molar-refractivity contribution < 1.29 is 9.53 Å². The molecular weight excluding hydrogens is 420 g/mol. The van der Waals surface area contributed by atoms with E-state index in [1.807, 2.05) is 65.5 Å². The van der Waals surface area contributed by atoms with Crippen molar-refractivity contribution in [1.29, 1.82) is 0 Å². The van der Waals surface area contributed by atoms with Crippen molar-refractivity contribution in [3.05, 3.63) is 65.3 Å². The maximum absolute atomic E-state index is 12.1. The van der Waals surface area contributed by atoms with Crippen LogP contribution in [-0.4, -0.2) is 28.5 Å². The van der Waals surface area contributed by atoms with Crippen LogP contribution in [0.25, 0.3) is 11.3 Å². The Morgan fingerprint density at radius 3 is 2.50 bits per heavy atom. The first-order valence-corrected chi connectivity index (χ1v) is 10.0. The lowest BCUT2D eigenvalue weighted by molar-refractivity contribution is 0.0940. The van der Waals surface area contributed by atoms with E-state index in [4.69, 9.17) is 4.74 Å². The Morgan fingerprint density at radius 1 is 1.11 bits per heavy atom. The van der Waals surface area contributed by atoms with Crippen LogP contribution in [0.4, 0.5) is 16.2 Å². The third-order valence-electron chi connectivity index (χ3n) is 4.58. The van der Waals surface area contributed by atoms with Gasteiger partial charge in [-0.25, -0.2) is 4.79 Å². The minimum atomic E-state index is -0.277. The largest absolute Gasteiger partial charge is 0.376 e. The number of hydrogen-bond donors (Lipinski definition) is 2. The number of benzene rings is 2. The second kappa shape index (κ2) is 8.58. The van der Waals surface area contributed by atoms with Gasteiger partial charge in [0.05, 0.1) is 17.1 Å². The predicted molar refractivity (Wildman–Crippen MR) is 113 cm³/mol. The van der Waals surface area contributed by atoms with Crippen molar-refractivity contribution in [2.45, 2.75) is 25.5 Å². The average molecular weight is 441 g/mol. The van der Waals surface area contributed by atoms with Crippen molar-refractivity contribution in [2.75, 3.05) is 17.2 Å². The van der Waals surface area contributed by atoms with Crippen LogP contribution in [-0.2, 0) is 11.3 Å². The summed E-state index contributed by atoms with van der Waals surface area (Å²) in [4.78, 5) is 12.1. The van der Waals surface area contributed by atoms with Gasteiger partial charge >= 0.3 is 6.03 Å². The lowest BCUT2D eigenvalue weighted by atomic mass is 10.1. The number of halogens is 1. The Hall–Kier alpha value is -2.64. The zero-order chi connectivity index (χ0) is 19.3. The van der Waals surface area contributed by atoms with Crippen LogP contribution in [0.2, 0.25) is 0 Å². The number of aromatic nitrogens is 2. The molecule has 4 rings (SSSR count). The molecule has 1 atom stereocenters. The van der Waals surface area contributed by atoms with E-state index in [1.54, 1.807) is 0 Å². The molecule has 2 heterocycles. The van der Waals surface area contributed by atoms with E-state index >= 15 is 0 Å². The van der Waals surface area contributed by atoms with Crippen LogP contribution < -0.4 is 10.6 Å². The van der Waals surface area contributed by atoms with Gasteiger partial charge in [-0.3, -0.25) is 4.68 Å². The maximum atomic E-state index is 12.1. The van der Waals surface area contributed by atoms with Crippen LogP contribution in [0.3, 0.4) is 0 Å². The molecule has 28 heavy (non-hydrogen) atoms. The number of anilines is 2. The van der Waals surface area contributed by atoms with Gasteiger partial charge in [0.25, 0.3) is 0 Å². The molecular formula is C21H21BrN4O2. The summed E-state index contributed by atoms with van der Waals surface area (Å²) in [6.45, 7) is 1.60. The topological polar surface area (TPSA) is 68.2 Å². The molecule has 2 N–H and O–H groups in total. The predicted octanol–water partition coefficient (Wildman–Crippen LogP) is 5.14. The first-order valence-electron chi connectivity index (χ1n) is 9.25. The molecule has 0 bridgehead atoms.